The number of benzene rings is 1. The smallest absolute Gasteiger partial charge is 0.320 e. The predicted octanol–water partition coefficient (Wildman–Crippen LogP) is 1.88. The molecule has 1 fully saturated rings. The lowest BCUT2D eigenvalue weighted by molar-refractivity contribution is -0.126. The van der Waals surface area contributed by atoms with Gasteiger partial charge in [-0.25, -0.2) is 4.79 Å². The van der Waals surface area contributed by atoms with Crippen LogP contribution in [0.25, 0.3) is 0 Å². The third-order valence-corrected chi connectivity index (χ3v) is 3.66. The van der Waals surface area contributed by atoms with Crippen LogP contribution in [0.2, 0.25) is 0 Å². The Labute approximate surface area is 143 Å². The van der Waals surface area contributed by atoms with Gasteiger partial charge < -0.3 is 21.3 Å². The van der Waals surface area contributed by atoms with Crippen LogP contribution in [0.4, 0.5) is 10.5 Å². The molecule has 1 aromatic carbocycles. The number of piperidine rings is 1. The van der Waals surface area contributed by atoms with E-state index < -0.39 is 11.6 Å². The summed E-state index contributed by atoms with van der Waals surface area (Å²) in [7, 11) is 0. The van der Waals surface area contributed by atoms with Gasteiger partial charge in [-0.15, -0.1) is 12.4 Å². The summed E-state index contributed by atoms with van der Waals surface area (Å²) < 4.78 is 0. The molecule has 128 valence electrons. The topological polar surface area (TPSA) is 82.3 Å². The van der Waals surface area contributed by atoms with E-state index in [4.69, 9.17) is 0 Å². The number of para-hydroxylation sites is 1. The van der Waals surface area contributed by atoms with E-state index in [-0.39, 0.29) is 24.4 Å². The third kappa shape index (κ3) is 6.08. The van der Waals surface area contributed by atoms with Gasteiger partial charge in [0.1, 0.15) is 5.54 Å². The van der Waals surface area contributed by atoms with Crippen LogP contribution >= 0.6 is 12.4 Å². The average Bonchev–Trinajstić information content (AvgIpc) is 2.48. The summed E-state index contributed by atoms with van der Waals surface area (Å²) in [5, 5.41) is 11.7. The molecule has 1 heterocycles. The molecule has 1 aromatic rings. The SMILES string of the molecule is CC(C)(NC(=O)Nc1ccccc1)C(=O)NC1CCCNC1.Cl. The summed E-state index contributed by atoms with van der Waals surface area (Å²) in [4.78, 5) is 24.3. The quantitative estimate of drug-likeness (QED) is 0.675. The largest absolute Gasteiger partial charge is 0.350 e. The van der Waals surface area contributed by atoms with Crippen molar-refractivity contribution in [2.24, 2.45) is 0 Å². The van der Waals surface area contributed by atoms with Crippen molar-refractivity contribution in [2.75, 3.05) is 18.4 Å². The Bertz CT molecular complexity index is 516. The van der Waals surface area contributed by atoms with E-state index in [0.29, 0.717) is 5.69 Å². The van der Waals surface area contributed by atoms with Gasteiger partial charge >= 0.3 is 6.03 Å². The second kappa shape index (κ2) is 8.74. The van der Waals surface area contributed by atoms with Crippen molar-refractivity contribution in [3.05, 3.63) is 30.3 Å². The van der Waals surface area contributed by atoms with Crippen LogP contribution in [-0.2, 0) is 4.79 Å². The summed E-state index contributed by atoms with van der Waals surface area (Å²) in [6, 6.07) is 8.86. The number of carbonyl (C=O) groups excluding carboxylic acids is 2. The van der Waals surface area contributed by atoms with E-state index in [1.165, 1.54) is 0 Å². The van der Waals surface area contributed by atoms with Crippen LogP contribution in [0.1, 0.15) is 26.7 Å². The maximum atomic E-state index is 12.3. The van der Waals surface area contributed by atoms with Crippen molar-refractivity contribution in [1.82, 2.24) is 16.0 Å². The van der Waals surface area contributed by atoms with Crippen LogP contribution in [0.15, 0.2) is 30.3 Å². The molecule has 0 aliphatic carbocycles. The van der Waals surface area contributed by atoms with Crippen LogP contribution in [0, 0.1) is 0 Å². The van der Waals surface area contributed by atoms with E-state index in [2.05, 4.69) is 21.3 Å². The number of hydrogen-bond acceptors (Lipinski definition) is 3. The molecule has 23 heavy (non-hydrogen) atoms. The van der Waals surface area contributed by atoms with E-state index in [1.54, 1.807) is 26.0 Å². The number of urea groups is 1. The van der Waals surface area contributed by atoms with Gasteiger partial charge in [-0.05, 0) is 45.4 Å². The molecule has 0 bridgehead atoms. The molecule has 4 N–H and O–H groups in total. The molecule has 3 amide bonds. The van der Waals surface area contributed by atoms with Crippen molar-refractivity contribution < 1.29 is 9.59 Å². The maximum absolute atomic E-state index is 12.3. The van der Waals surface area contributed by atoms with E-state index >= 15 is 0 Å². The van der Waals surface area contributed by atoms with Crippen molar-refractivity contribution >= 4 is 30.0 Å². The zero-order valence-electron chi connectivity index (χ0n) is 13.5. The number of halogens is 1. The first-order valence-corrected chi connectivity index (χ1v) is 7.63. The molecule has 1 unspecified atom stereocenters. The first kappa shape index (κ1) is 19.3. The summed E-state index contributed by atoms with van der Waals surface area (Å²) in [5.74, 6) is -0.176. The molecule has 6 nitrogen and oxygen atoms in total. The minimum absolute atomic E-state index is 0. The number of amides is 3. The standard InChI is InChI=1S/C16H24N4O2.ClH/c1-16(2,14(21)18-13-9-6-10-17-11-13)20-15(22)19-12-7-4-3-5-8-12;/h3-5,7-8,13,17H,6,9-11H2,1-2H3,(H,18,21)(H2,19,20,22);1H. The van der Waals surface area contributed by atoms with Crippen molar-refractivity contribution in [1.29, 1.82) is 0 Å². The lowest BCUT2D eigenvalue weighted by Crippen LogP contribution is -2.59. The number of carbonyl (C=O) groups is 2. The van der Waals surface area contributed by atoms with Gasteiger partial charge in [0.05, 0.1) is 0 Å². The van der Waals surface area contributed by atoms with Gasteiger partial charge in [-0.3, -0.25) is 4.79 Å². The Morgan fingerprint density at radius 1 is 1.22 bits per heavy atom. The molecular weight excluding hydrogens is 316 g/mol. The van der Waals surface area contributed by atoms with E-state index in [9.17, 15) is 9.59 Å². The zero-order chi connectivity index (χ0) is 16.0. The lowest BCUT2D eigenvalue weighted by Gasteiger charge is -2.30. The molecule has 1 saturated heterocycles. The van der Waals surface area contributed by atoms with Gasteiger partial charge in [0.2, 0.25) is 5.91 Å². The van der Waals surface area contributed by atoms with Crippen molar-refractivity contribution in [2.45, 2.75) is 38.3 Å². The van der Waals surface area contributed by atoms with Crippen LogP contribution in [0.3, 0.4) is 0 Å². The summed E-state index contributed by atoms with van der Waals surface area (Å²) in [6.07, 6.45) is 2.01. The van der Waals surface area contributed by atoms with Crippen LogP contribution in [0.5, 0.6) is 0 Å². The van der Waals surface area contributed by atoms with Crippen LogP contribution in [-0.4, -0.2) is 36.6 Å². The molecule has 7 heteroatoms. The molecule has 1 aliphatic rings. The Morgan fingerprint density at radius 3 is 2.52 bits per heavy atom. The summed E-state index contributed by atoms with van der Waals surface area (Å²) in [6.45, 7) is 5.16. The minimum Gasteiger partial charge on any atom is -0.350 e. The molecular formula is C16H25ClN4O2. The molecule has 0 radical (unpaired) electrons. The third-order valence-electron chi connectivity index (χ3n) is 3.66. The Kier molecular flexibility index (Phi) is 7.32. The normalized spacial score (nSPS) is 17.6. The van der Waals surface area contributed by atoms with Gasteiger partial charge in [-0.2, -0.15) is 0 Å². The second-order valence-corrected chi connectivity index (χ2v) is 6.09. The van der Waals surface area contributed by atoms with Gasteiger partial charge in [0.15, 0.2) is 0 Å². The van der Waals surface area contributed by atoms with Crippen molar-refractivity contribution in [3.8, 4) is 0 Å². The first-order chi connectivity index (χ1) is 10.5. The molecule has 2 rings (SSSR count). The number of hydrogen-bond donors (Lipinski definition) is 4. The molecule has 1 atom stereocenters. The summed E-state index contributed by atoms with van der Waals surface area (Å²) in [5.41, 5.74) is -0.288. The minimum atomic E-state index is -0.976. The van der Waals surface area contributed by atoms with E-state index in [0.717, 1.165) is 25.9 Å². The zero-order valence-corrected chi connectivity index (χ0v) is 14.3. The predicted molar refractivity (Wildman–Crippen MR) is 94.0 cm³/mol. The van der Waals surface area contributed by atoms with Gasteiger partial charge in [0, 0.05) is 18.3 Å². The molecule has 1 aliphatic heterocycles. The highest BCUT2D eigenvalue weighted by molar-refractivity contribution is 5.95. The number of rotatable bonds is 4. The summed E-state index contributed by atoms with van der Waals surface area (Å²) >= 11 is 0. The lowest BCUT2D eigenvalue weighted by atomic mass is 10.0. The first-order valence-electron chi connectivity index (χ1n) is 7.63. The fraction of sp³-hybridized carbons (Fsp3) is 0.500. The maximum Gasteiger partial charge on any atom is 0.320 e. The fourth-order valence-corrected chi connectivity index (χ4v) is 2.37. The number of nitrogens with one attached hydrogen (secondary N) is 4. The number of anilines is 1. The van der Waals surface area contributed by atoms with E-state index in [1.807, 2.05) is 18.2 Å². The highest BCUT2D eigenvalue weighted by Gasteiger charge is 2.31. The second-order valence-electron chi connectivity index (χ2n) is 6.09. The van der Waals surface area contributed by atoms with Gasteiger partial charge in [-0.1, -0.05) is 18.2 Å². The molecule has 0 spiro atoms. The van der Waals surface area contributed by atoms with Gasteiger partial charge in [0.25, 0.3) is 0 Å². The Morgan fingerprint density at radius 2 is 1.91 bits per heavy atom. The highest BCUT2D eigenvalue weighted by Crippen LogP contribution is 2.09. The fourth-order valence-electron chi connectivity index (χ4n) is 2.37. The Balaban J connectivity index is 0.00000264. The molecule has 0 saturated carbocycles. The Hall–Kier alpha value is -1.79. The highest BCUT2D eigenvalue weighted by atomic mass is 35.5. The van der Waals surface area contributed by atoms with Crippen LogP contribution < -0.4 is 21.3 Å². The monoisotopic (exact) mass is 340 g/mol. The average molecular weight is 341 g/mol. The molecule has 0 aromatic heterocycles. The van der Waals surface area contributed by atoms with Crippen molar-refractivity contribution in [3.63, 3.8) is 0 Å².